The number of hydrogen-bond acceptors (Lipinski definition) is 11. The highest BCUT2D eigenvalue weighted by molar-refractivity contribution is 7.52. The lowest BCUT2D eigenvalue weighted by atomic mass is 9.45. The molecule has 16 nitrogen and oxygen atoms in total. The van der Waals surface area contributed by atoms with Gasteiger partial charge in [0.25, 0.3) is 6.61 Å². The Kier molecular flexibility index (Phi) is 18.6. The molecule has 0 bridgehead atoms. The second-order valence-corrected chi connectivity index (χ2v) is 17.1. The summed E-state index contributed by atoms with van der Waals surface area (Å²) >= 11 is 0. The number of rotatable bonds is 24. The van der Waals surface area contributed by atoms with E-state index in [-0.39, 0.29) is 84.8 Å². The zero-order valence-corrected chi connectivity index (χ0v) is 36.4. The fourth-order valence-corrected chi connectivity index (χ4v) is 8.61. The summed E-state index contributed by atoms with van der Waals surface area (Å²) in [5.41, 5.74) is 7.71. The van der Waals surface area contributed by atoms with E-state index in [9.17, 15) is 28.8 Å². The van der Waals surface area contributed by atoms with Gasteiger partial charge in [0.1, 0.15) is 31.6 Å². The van der Waals surface area contributed by atoms with Crippen LogP contribution in [0.1, 0.15) is 60.6 Å². The Morgan fingerprint density at radius 2 is 1.37 bits per heavy atom. The van der Waals surface area contributed by atoms with Crippen LogP contribution in [0.2, 0.25) is 0 Å². The molecule has 4 rings (SSSR count). The van der Waals surface area contributed by atoms with Crippen molar-refractivity contribution in [1.29, 1.82) is 0 Å². The number of carboxylic acids is 1. The summed E-state index contributed by atoms with van der Waals surface area (Å²) in [6.07, 6.45) is -0.913. The Bertz CT molecular complexity index is 2040. The van der Waals surface area contributed by atoms with Gasteiger partial charge < -0.3 is 56.6 Å². The van der Waals surface area contributed by atoms with Crippen molar-refractivity contribution in [3.05, 3.63) is 75.8 Å². The fourth-order valence-electron chi connectivity index (χ4n) is 6.94. The molecule has 0 saturated heterocycles. The highest BCUT2D eigenvalue weighted by atomic mass is 31.2. The number of aromatic carboxylic acids is 1. The number of carboxylic acid groups (broad SMARTS) is 1. The van der Waals surface area contributed by atoms with Crippen LogP contribution >= 0.6 is 15.2 Å². The number of aryl methyl sites for hydroxylation is 2. The van der Waals surface area contributed by atoms with Gasteiger partial charge in [0.15, 0.2) is 5.70 Å². The van der Waals surface area contributed by atoms with E-state index in [1.165, 1.54) is 0 Å². The zero-order valence-electron chi connectivity index (χ0n) is 34.6. The predicted octanol–water partition coefficient (Wildman–Crippen LogP) is 4.84. The van der Waals surface area contributed by atoms with Crippen LogP contribution in [0.4, 0.5) is 0 Å². The SMILES string of the molecule is CCOP(=O)(O)COCCOCCOCC#C[B-]1(C#CC[O+]CCOCCOCP(=O)(O)OCC)n2c(C)cc(C)c2C(c2ccc(C(=O)O)cc2)=C2C(C)=CC(C)=[N+]21. The van der Waals surface area contributed by atoms with Gasteiger partial charge in [-0.15, -0.1) is 10.7 Å². The summed E-state index contributed by atoms with van der Waals surface area (Å²) in [5, 5.41) is 9.61. The normalized spacial score (nSPS) is 17.9. The Hall–Kier alpha value is -3.64. The largest absolute Gasteiger partial charge is 0.520 e. The first-order valence-electron chi connectivity index (χ1n) is 19.3. The van der Waals surface area contributed by atoms with Gasteiger partial charge >= 0.3 is 27.6 Å². The van der Waals surface area contributed by atoms with Gasteiger partial charge in [-0.2, -0.15) is 11.6 Å². The molecule has 0 aliphatic carbocycles. The topological polar surface area (TPSA) is 196 Å². The summed E-state index contributed by atoms with van der Waals surface area (Å²) in [4.78, 5) is 30.9. The molecule has 2 unspecified atom stereocenters. The first-order chi connectivity index (χ1) is 28.2. The number of allylic oxidation sites excluding steroid dienone is 2. The minimum absolute atomic E-state index is 0.0859. The van der Waals surface area contributed by atoms with Crippen molar-refractivity contribution in [2.24, 2.45) is 0 Å². The van der Waals surface area contributed by atoms with E-state index >= 15 is 0 Å². The van der Waals surface area contributed by atoms with Gasteiger partial charge in [0, 0.05) is 24.3 Å². The highest BCUT2D eigenvalue weighted by Gasteiger charge is 2.50. The number of fused-ring (bicyclic) bond motifs is 2. The third-order valence-electron chi connectivity index (χ3n) is 9.09. The van der Waals surface area contributed by atoms with Gasteiger partial charge in [-0.05, 0) is 75.6 Å². The van der Waals surface area contributed by atoms with Crippen LogP contribution in [0.3, 0.4) is 0 Å². The maximum absolute atomic E-state index is 11.7. The average Bonchev–Trinajstić information content (AvgIpc) is 3.65. The van der Waals surface area contributed by atoms with Gasteiger partial charge in [-0.3, -0.25) is 9.13 Å². The zero-order chi connectivity index (χ0) is 43.1. The van der Waals surface area contributed by atoms with Crippen molar-refractivity contribution in [1.82, 2.24) is 4.48 Å². The highest BCUT2D eigenvalue weighted by Crippen LogP contribution is 2.44. The lowest BCUT2D eigenvalue weighted by Crippen LogP contribution is -2.57. The van der Waals surface area contributed by atoms with Gasteiger partial charge in [0.05, 0.1) is 64.0 Å². The summed E-state index contributed by atoms with van der Waals surface area (Å²) in [6, 6.07) is 8.97. The smallest absolute Gasteiger partial charge is 0.478 e. The second kappa shape index (κ2) is 22.8. The molecule has 321 valence electrons. The minimum atomic E-state index is -3.76. The third-order valence-corrected chi connectivity index (χ3v) is 11.4. The molecule has 3 heterocycles. The van der Waals surface area contributed by atoms with Gasteiger partial charge in [0.2, 0.25) is 6.61 Å². The Labute approximate surface area is 346 Å². The molecule has 1 aromatic carbocycles. The fraction of sp³-hybridized carbons (Fsp3) is 0.500. The summed E-state index contributed by atoms with van der Waals surface area (Å²) < 4.78 is 70.5. The molecule has 0 fully saturated rings. The van der Waals surface area contributed by atoms with E-state index in [0.29, 0.717) is 0 Å². The van der Waals surface area contributed by atoms with Crippen LogP contribution in [-0.4, -0.2) is 134 Å². The Morgan fingerprint density at radius 1 is 0.814 bits per heavy atom. The molecular weight excluding hydrogens is 805 g/mol. The maximum atomic E-state index is 11.7. The number of nitrogens with zero attached hydrogens (tertiary/aromatic N) is 2. The van der Waals surface area contributed by atoms with Crippen molar-refractivity contribution < 1.29 is 70.8 Å². The number of ether oxygens (including phenoxy) is 6. The second-order valence-electron chi connectivity index (χ2n) is 13.6. The molecule has 1 aromatic heterocycles. The lowest BCUT2D eigenvalue weighted by Gasteiger charge is -2.39. The molecule has 0 saturated carbocycles. The molecule has 2 aromatic rings. The standard InChI is InChI=1S/C40H55BN2O14P2/c1-7-56-58(46,47)29-54-25-23-52-21-19-50-17-9-15-41(16-10-18-51-20-22-53-24-26-55-30-59(48,49)57-8-2)42-33(5)27-31(3)38(42)37(39-32(4)28-34(6)43(39)41)35-11-13-36(14-12-35)40(44)45/h11-14,27-28H,7-8,17-26,29-30H2,1-6H3,(H,44,45)(H,46,47)(H,48,49)/q+1. The van der Waals surface area contributed by atoms with Crippen LogP contribution in [0, 0.1) is 37.3 Å². The first-order valence-corrected chi connectivity index (χ1v) is 22.8. The average molecular weight is 861 g/mol. The monoisotopic (exact) mass is 860 g/mol. The van der Waals surface area contributed by atoms with Crippen LogP contribution < -0.4 is 0 Å². The van der Waals surface area contributed by atoms with Crippen molar-refractivity contribution in [2.45, 2.75) is 41.5 Å². The van der Waals surface area contributed by atoms with Crippen LogP contribution in [0.25, 0.3) is 5.57 Å². The van der Waals surface area contributed by atoms with Crippen LogP contribution in [0.15, 0.2) is 47.7 Å². The van der Waals surface area contributed by atoms with Gasteiger partial charge in [-0.25, -0.2) is 4.79 Å². The molecule has 2 aliphatic heterocycles. The number of carbonyl (C=O) groups is 1. The van der Waals surface area contributed by atoms with Crippen molar-refractivity contribution in [3.8, 4) is 23.5 Å². The minimum Gasteiger partial charge on any atom is -0.478 e. The summed E-state index contributed by atoms with van der Waals surface area (Å²) in [6.45, 7) is 13.4. The molecule has 19 heteroatoms. The number of aromatic nitrogens is 1. The lowest BCUT2D eigenvalue weighted by molar-refractivity contribution is -0.329. The Balaban J connectivity index is 1.53. The van der Waals surface area contributed by atoms with Gasteiger partial charge in [-0.1, -0.05) is 12.1 Å². The summed E-state index contributed by atoms with van der Waals surface area (Å²) in [7, 11) is -7.52. The molecule has 2 atom stereocenters. The third kappa shape index (κ3) is 13.2. The first kappa shape index (κ1) is 48.0. The van der Waals surface area contributed by atoms with Crippen molar-refractivity contribution in [3.63, 3.8) is 0 Å². The molecule has 1 radical (unpaired) electrons. The van der Waals surface area contributed by atoms with E-state index in [1.807, 2.05) is 39.8 Å². The van der Waals surface area contributed by atoms with E-state index in [0.717, 1.165) is 45.1 Å². The predicted molar refractivity (Wildman–Crippen MR) is 223 cm³/mol. The summed E-state index contributed by atoms with van der Waals surface area (Å²) in [5.74, 6) is 12.5. The maximum Gasteiger partial charge on any atom is 0.520 e. The van der Waals surface area contributed by atoms with E-state index < -0.39 is 40.3 Å². The molecule has 3 N–H and O–H groups in total. The van der Waals surface area contributed by atoms with E-state index in [1.54, 1.807) is 26.0 Å². The molecule has 0 amide bonds. The molecule has 0 spiro atoms. The van der Waals surface area contributed by atoms with E-state index in [4.69, 9.17) is 37.5 Å². The Morgan fingerprint density at radius 3 is 1.97 bits per heavy atom. The number of hydrogen-bond donors (Lipinski definition) is 3. The molecule has 2 aliphatic rings. The van der Waals surface area contributed by atoms with Crippen molar-refractivity contribution in [2.75, 3.05) is 92.0 Å². The quantitative estimate of drug-likeness (QED) is 0.0427. The molecule has 59 heavy (non-hydrogen) atoms. The number of benzene rings is 1. The van der Waals surface area contributed by atoms with Crippen LogP contribution in [-0.2, 0) is 46.6 Å². The van der Waals surface area contributed by atoms with E-state index in [2.05, 4.69) is 44.6 Å². The van der Waals surface area contributed by atoms with Crippen molar-refractivity contribution >= 4 is 38.9 Å². The molecular formula is C40H55BN2O14P2+. The van der Waals surface area contributed by atoms with Crippen LogP contribution in [0.5, 0.6) is 0 Å².